The van der Waals surface area contributed by atoms with Gasteiger partial charge in [-0.05, 0) is 36.5 Å². The van der Waals surface area contributed by atoms with Crippen LogP contribution in [-0.4, -0.2) is 39.8 Å². The van der Waals surface area contributed by atoms with Gasteiger partial charge in [0.1, 0.15) is 0 Å². The number of aromatic nitrogens is 2. The van der Waals surface area contributed by atoms with E-state index in [9.17, 15) is 9.59 Å². The number of hydrogen-bond acceptors (Lipinski definition) is 5. The van der Waals surface area contributed by atoms with Crippen molar-refractivity contribution in [3.05, 3.63) is 65.3 Å². The fourth-order valence-corrected chi connectivity index (χ4v) is 4.45. The van der Waals surface area contributed by atoms with Crippen molar-refractivity contribution in [1.29, 1.82) is 0 Å². The van der Waals surface area contributed by atoms with Gasteiger partial charge in [-0.15, -0.1) is 11.3 Å². The maximum atomic E-state index is 12.7. The van der Waals surface area contributed by atoms with E-state index in [-0.39, 0.29) is 17.7 Å². The Kier molecular flexibility index (Phi) is 6.42. The number of likely N-dealkylation sites (tertiary alicyclic amines) is 1. The summed E-state index contributed by atoms with van der Waals surface area (Å²) in [6, 6.07) is 11.8. The second kappa shape index (κ2) is 9.39. The molecule has 1 aromatic carbocycles. The molecule has 1 N–H and O–H groups in total. The van der Waals surface area contributed by atoms with Gasteiger partial charge in [-0.3, -0.25) is 14.6 Å². The van der Waals surface area contributed by atoms with Crippen molar-refractivity contribution in [2.24, 2.45) is 5.92 Å². The first kappa shape index (κ1) is 21.2. The summed E-state index contributed by atoms with van der Waals surface area (Å²) >= 11 is 1.44. The summed E-state index contributed by atoms with van der Waals surface area (Å²) in [5.41, 5.74) is 3.84. The van der Waals surface area contributed by atoms with E-state index >= 15 is 0 Å². The third kappa shape index (κ3) is 4.99. The Hall–Kier alpha value is -3.06. The third-order valence-corrected chi connectivity index (χ3v) is 6.45. The number of benzene rings is 1. The second-order valence-electron chi connectivity index (χ2n) is 8.11. The normalized spacial score (nSPS) is 14.6. The van der Waals surface area contributed by atoms with E-state index < -0.39 is 0 Å². The predicted octanol–water partition coefficient (Wildman–Crippen LogP) is 4.82. The van der Waals surface area contributed by atoms with Crippen molar-refractivity contribution in [3.8, 4) is 11.3 Å². The first-order valence-electron chi connectivity index (χ1n) is 10.6. The molecule has 160 valence electrons. The van der Waals surface area contributed by atoms with Crippen LogP contribution in [0.1, 0.15) is 48.5 Å². The first-order valence-corrected chi connectivity index (χ1v) is 11.5. The van der Waals surface area contributed by atoms with E-state index in [0.29, 0.717) is 42.5 Å². The van der Waals surface area contributed by atoms with Crippen LogP contribution in [0.15, 0.2) is 54.2 Å². The highest BCUT2D eigenvalue weighted by Gasteiger charge is 2.28. The quantitative estimate of drug-likeness (QED) is 0.625. The Balaban J connectivity index is 1.32. The van der Waals surface area contributed by atoms with Crippen LogP contribution in [0.5, 0.6) is 0 Å². The molecule has 0 atom stereocenters. The van der Waals surface area contributed by atoms with Crippen LogP contribution < -0.4 is 5.32 Å². The van der Waals surface area contributed by atoms with E-state index in [0.717, 1.165) is 11.3 Å². The molecule has 3 aromatic rings. The Morgan fingerprint density at radius 3 is 2.39 bits per heavy atom. The van der Waals surface area contributed by atoms with Crippen molar-refractivity contribution in [3.63, 3.8) is 0 Å². The molecule has 1 fully saturated rings. The third-order valence-electron chi connectivity index (χ3n) is 5.69. The van der Waals surface area contributed by atoms with Crippen LogP contribution in [0.25, 0.3) is 11.3 Å². The van der Waals surface area contributed by atoms with Crippen molar-refractivity contribution in [2.45, 2.75) is 32.6 Å². The van der Waals surface area contributed by atoms with Gasteiger partial charge in [0.2, 0.25) is 5.91 Å². The molecule has 2 amide bonds. The molecule has 4 rings (SSSR count). The summed E-state index contributed by atoms with van der Waals surface area (Å²) in [7, 11) is 0. The van der Waals surface area contributed by atoms with Gasteiger partial charge in [0.25, 0.3) is 5.91 Å². The zero-order valence-corrected chi connectivity index (χ0v) is 18.6. The standard InChI is InChI=1S/C24H26N4O2S/c1-16(2)17-3-5-18(6-4-17)21-15-31-24(26-21)27-22(29)19-9-13-28(14-10-19)23(30)20-7-11-25-12-8-20/h3-8,11-12,15-16,19H,9-10,13-14H2,1-2H3,(H,26,27,29). The number of carbonyl (C=O) groups excluding carboxylic acids is 2. The van der Waals surface area contributed by atoms with Crippen LogP contribution in [0.2, 0.25) is 0 Å². The maximum Gasteiger partial charge on any atom is 0.253 e. The first-order chi connectivity index (χ1) is 15.0. The number of carbonyl (C=O) groups is 2. The molecule has 3 heterocycles. The molecule has 0 saturated carbocycles. The number of amides is 2. The van der Waals surface area contributed by atoms with E-state index in [1.807, 2.05) is 5.38 Å². The van der Waals surface area contributed by atoms with E-state index in [4.69, 9.17) is 0 Å². The molecule has 7 heteroatoms. The zero-order chi connectivity index (χ0) is 21.8. The number of nitrogens with zero attached hydrogens (tertiary/aromatic N) is 3. The average molecular weight is 435 g/mol. The number of anilines is 1. The number of rotatable bonds is 5. The molecule has 0 aliphatic carbocycles. The van der Waals surface area contributed by atoms with Crippen molar-refractivity contribution >= 4 is 28.3 Å². The molecule has 0 spiro atoms. The highest BCUT2D eigenvalue weighted by molar-refractivity contribution is 7.14. The summed E-state index contributed by atoms with van der Waals surface area (Å²) in [4.78, 5) is 35.6. The second-order valence-corrected chi connectivity index (χ2v) is 8.96. The molecule has 1 aliphatic rings. The molecule has 31 heavy (non-hydrogen) atoms. The zero-order valence-electron chi connectivity index (χ0n) is 17.7. The van der Waals surface area contributed by atoms with E-state index in [1.54, 1.807) is 29.4 Å². The highest BCUT2D eigenvalue weighted by atomic mass is 32.1. The smallest absolute Gasteiger partial charge is 0.253 e. The van der Waals surface area contributed by atoms with Crippen LogP contribution in [0.3, 0.4) is 0 Å². The molecule has 6 nitrogen and oxygen atoms in total. The van der Waals surface area contributed by atoms with Gasteiger partial charge in [0, 0.05) is 47.9 Å². The molecule has 0 bridgehead atoms. The van der Waals surface area contributed by atoms with Gasteiger partial charge in [-0.1, -0.05) is 38.1 Å². The van der Waals surface area contributed by atoms with E-state index in [2.05, 4.69) is 53.4 Å². The summed E-state index contributed by atoms with van der Waals surface area (Å²) in [5, 5.41) is 5.55. The minimum absolute atomic E-state index is 0.00527. The summed E-state index contributed by atoms with van der Waals surface area (Å²) < 4.78 is 0. The minimum Gasteiger partial charge on any atom is -0.339 e. The van der Waals surface area contributed by atoms with Gasteiger partial charge in [-0.2, -0.15) is 0 Å². The number of thiazole rings is 1. The Morgan fingerprint density at radius 1 is 1.06 bits per heavy atom. The predicted molar refractivity (Wildman–Crippen MR) is 123 cm³/mol. The van der Waals surface area contributed by atoms with Crippen molar-refractivity contribution in [1.82, 2.24) is 14.9 Å². The minimum atomic E-state index is -0.112. The lowest BCUT2D eigenvalue weighted by Crippen LogP contribution is -2.41. The molecular formula is C24H26N4O2S. The van der Waals surface area contributed by atoms with Gasteiger partial charge in [-0.25, -0.2) is 4.98 Å². The Bertz CT molecular complexity index is 1040. The fraction of sp³-hybridized carbons (Fsp3) is 0.333. The van der Waals surface area contributed by atoms with Crippen LogP contribution in [0.4, 0.5) is 5.13 Å². The number of nitrogens with one attached hydrogen (secondary N) is 1. The molecule has 2 aromatic heterocycles. The van der Waals surface area contributed by atoms with Crippen LogP contribution in [0, 0.1) is 5.92 Å². The van der Waals surface area contributed by atoms with Gasteiger partial charge >= 0.3 is 0 Å². The molecule has 1 saturated heterocycles. The SMILES string of the molecule is CC(C)c1ccc(-c2csc(NC(=O)C3CCN(C(=O)c4ccncc4)CC3)n2)cc1. The highest BCUT2D eigenvalue weighted by Crippen LogP contribution is 2.28. The molecule has 0 radical (unpaired) electrons. The lowest BCUT2D eigenvalue weighted by atomic mass is 9.95. The van der Waals surface area contributed by atoms with Crippen LogP contribution >= 0.6 is 11.3 Å². The van der Waals surface area contributed by atoms with Crippen molar-refractivity contribution in [2.75, 3.05) is 18.4 Å². The maximum absolute atomic E-state index is 12.7. The molecule has 0 unspecified atom stereocenters. The number of piperidine rings is 1. The van der Waals surface area contributed by atoms with Crippen molar-refractivity contribution < 1.29 is 9.59 Å². The van der Waals surface area contributed by atoms with Gasteiger partial charge in [0.15, 0.2) is 5.13 Å². The monoisotopic (exact) mass is 434 g/mol. The lowest BCUT2D eigenvalue weighted by Gasteiger charge is -2.31. The molecule has 1 aliphatic heterocycles. The van der Waals surface area contributed by atoms with Crippen LogP contribution in [-0.2, 0) is 4.79 Å². The number of hydrogen-bond donors (Lipinski definition) is 1. The lowest BCUT2D eigenvalue weighted by molar-refractivity contribution is -0.121. The van der Waals surface area contributed by atoms with Gasteiger partial charge < -0.3 is 10.2 Å². The Labute approximate surface area is 186 Å². The topological polar surface area (TPSA) is 75.2 Å². The largest absolute Gasteiger partial charge is 0.339 e. The summed E-state index contributed by atoms with van der Waals surface area (Å²) in [6.07, 6.45) is 4.54. The number of pyridine rings is 1. The average Bonchev–Trinajstić information content (AvgIpc) is 3.27. The van der Waals surface area contributed by atoms with Gasteiger partial charge in [0.05, 0.1) is 5.69 Å². The summed E-state index contributed by atoms with van der Waals surface area (Å²) in [6.45, 7) is 5.49. The van der Waals surface area contributed by atoms with E-state index in [1.165, 1.54) is 16.9 Å². The summed E-state index contributed by atoms with van der Waals surface area (Å²) in [5.74, 6) is 0.353. The fourth-order valence-electron chi connectivity index (χ4n) is 3.73. The Morgan fingerprint density at radius 2 is 1.74 bits per heavy atom. The molecular weight excluding hydrogens is 408 g/mol.